The third-order valence-electron chi connectivity index (χ3n) is 3.54. The highest BCUT2D eigenvalue weighted by Gasteiger charge is 2.10. The summed E-state index contributed by atoms with van der Waals surface area (Å²) >= 11 is 2.21. The van der Waals surface area contributed by atoms with Gasteiger partial charge in [0.15, 0.2) is 5.78 Å². The number of benzene rings is 2. The van der Waals surface area contributed by atoms with Gasteiger partial charge in [0.05, 0.1) is 0 Å². The monoisotopic (exact) mass is 407 g/mol. The van der Waals surface area contributed by atoms with Crippen LogP contribution in [-0.4, -0.2) is 11.7 Å². The third-order valence-corrected chi connectivity index (χ3v) is 4.26. The van der Waals surface area contributed by atoms with Crippen LogP contribution in [0.15, 0.2) is 42.5 Å². The number of rotatable bonds is 5. The van der Waals surface area contributed by atoms with Gasteiger partial charge in [0, 0.05) is 27.7 Å². The number of aryl methyl sites for hydroxylation is 2. The molecular weight excluding hydrogens is 389 g/mol. The SMILES string of the molecule is Cc1ccc(C(=O)CCC(=O)Nc2ccc(I)cc2)cc1C. The zero-order valence-corrected chi connectivity index (χ0v) is 14.8. The fraction of sp³-hybridized carbons (Fsp3) is 0.222. The molecule has 1 N–H and O–H groups in total. The number of ketones is 1. The van der Waals surface area contributed by atoms with Gasteiger partial charge in [0.1, 0.15) is 0 Å². The van der Waals surface area contributed by atoms with Crippen LogP contribution in [0.5, 0.6) is 0 Å². The summed E-state index contributed by atoms with van der Waals surface area (Å²) in [6.07, 6.45) is 0.413. The Kier molecular flexibility index (Phi) is 5.71. The fourth-order valence-corrected chi connectivity index (χ4v) is 2.40. The van der Waals surface area contributed by atoms with Gasteiger partial charge in [0.2, 0.25) is 5.91 Å². The second kappa shape index (κ2) is 7.54. The van der Waals surface area contributed by atoms with Crippen molar-refractivity contribution in [2.24, 2.45) is 0 Å². The third kappa shape index (κ3) is 4.66. The van der Waals surface area contributed by atoms with E-state index in [-0.39, 0.29) is 24.5 Å². The number of halogens is 1. The number of carbonyl (C=O) groups is 2. The minimum Gasteiger partial charge on any atom is -0.326 e. The highest BCUT2D eigenvalue weighted by atomic mass is 127. The molecule has 0 atom stereocenters. The largest absolute Gasteiger partial charge is 0.326 e. The molecular formula is C18H18INO2. The Morgan fingerprint density at radius 3 is 2.27 bits per heavy atom. The molecule has 0 aliphatic carbocycles. The number of amides is 1. The summed E-state index contributed by atoms with van der Waals surface area (Å²) in [6.45, 7) is 3.99. The maximum atomic E-state index is 12.1. The Morgan fingerprint density at radius 1 is 0.955 bits per heavy atom. The predicted molar refractivity (Wildman–Crippen MR) is 97.3 cm³/mol. The zero-order chi connectivity index (χ0) is 16.1. The minimum absolute atomic E-state index is 0.000796. The summed E-state index contributed by atoms with van der Waals surface area (Å²) in [5.74, 6) is -0.140. The molecule has 1 amide bonds. The van der Waals surface area contributed by atoms with Gasteiger partial charge in [-0.25, -0.2) is 0 Å². The molecule has 2 aromatic rings. The van der Waals surface area contributed by atoms with Crippen LogP contribution >= 0.6 is 22.6 Å². The highest BCUT2D eigenvalue weighted by molar-refractivity contribution is 14.1. The molecule has 2 aromatic carbocycles. The van der Waals surface area contributed by atoms with E-state index in [2.05, 4.69) is 27.9 Å². The summed E-state index contributed by atoms with van der Waals surface area (Å²) in [7, 11) is 0. The first-order chi connectivity index (χ1) is 10.5. The second-order valence-corrected chi connectivity index (χ2v) is 6.52. The van der Waals surface area contributed by atoms with Crippen molar-refractivity contribution in [1.82, 2.24) is 0 Å². The van der Waals surface area contributed by atoms with Gasteiger partial charge < -0.3 is 5.32 Å². The Morgan fingerprint density at radius 2 is 1.64 bits per heavy atom. The number of Topliss-reactive ketones (excluding diaryl/α,β-unsaturated/α-hetero) is 1. The molecule has 0 spiro atoms. The lowest BCUT2D eigenvalue weighted by atomic mass is 10.0. The highest BCUT2D eigenvalue weighted by Crippen LogP contribution is 2.14. The molecule has 0 bridgehead atoms. The molecule has 0 aliphatic heterocycles. The van der Waals surface area contributed by atoms with Crippen molar-refractivity contribution in [3.8, 4) is 0 Å². The van der Waals surface area contributed by atoms with E-state index in [1.807, 2.05) is 56.3 Å². The van der Waals surface area contributed by atoms with E-state index in [0.717, 1.165) is 20.4 Å². The number of anilines is 1. The summed E-state index contributed by atoms with van der Waals surface area (Å²) in [5, 5.41) is 2.80. The Balaban J connectivity index is 1.88. The van der Waals surface area contributed by atoms with E-state index < -0.39 is 0 Å². The molecule has 3 nitrogen and oxygen atoms in total. The lowest BCUT2D eigenvalue weighted by Gasteiger charge is -2.06. The number of nitrogens with one attached hydrogen (secondary N) is 1. The van der Waals surface area contributed by atoms with E-state index in [4.69, 9.17) is 0 Å². The van der Waals surface area contributed by atoms with Crippen molar-refractivity contribution in [3.63, 3.8) is 0 Å². The normalized spacial score (nSPS) is 10.3. The second-order valence-electron chi connectivity index (χ2n) is 5.28. The van der Waals surface area contributed by atoms with E-state index in [1.54, 1.807) is 0 Å². The van der Waals surface area contributed by atoms with Crippen LogP contribution in [0.1, 0.15) is 34.3 Å². The first-order valence-electron chi connectivity index (χ1n) is 7.11. The zero-order valence-electron chi connectivity index (χ0n) is 12.7. The number of carbonyl (C=O) groups excluding carboxylic acids is 2. The van der Waals surface area contributed by atoms with E-state index in [9.17, 15) is 9.59 Å². The molecule has 114 valence electrons. The molecule has 2 rings (SSSR count). The topological polar surface area (TPSA) is 46.2 Å². The summed E-state index contributed by atoms with van der Waals surface area (Å²) < 4.78 is 1.11. The van der Waals surface area contributed by atoms with Crippen LogP contribution < -0.4 is 5.32 Å². The molecule has 4 heteroatoms. The van der Waals surface area contributed by atoms with Crippen LogP contribution in [0.3, 0.4) is 0 Å². The van der Waals surface area contributed by atoms with Crippen molar-refractivity contribution in [3.05, 3.63) is 62.7 Å². The van der Waals surface area contributed by atoms with Crippen LogP contribution in [0.25, 0.3) is 0 Å². The van der Waals surface area contributed by atoms with Crippen LogP contribution in [0.2, 0.25) is 0 Å². The molecule has 0 heterocycles. The molecule has 0 aromatic heterocycles. The first kappa shape index (κ1) is 16.7. The lowest BCUT2D eigenvalue weighted by molar-refractivity contribution is -0.116. The average molecular weight is 407 g/mol. The van der Waals surface area contributed by atoms with Crippen molar-refractivity contribution in [2.45, 2.75) is 26.7 Å². The van der Waals surface area contributed by atoms with Gasteiger partial charge in [-0.1, -0.05) is 12.1 Å². The minimum atomic E-state index is -0.140. The van der Waals surface area contributed by atoms with Gasteiger partial charge in [-0.15, -0.1) is 0 Å². The van der Waals surface area contributed by atoms with E-state index in [1.165, 1.54) is 0 Å². The maximum Gasteiger partial charge on any atom is 0.224 e. The van der Waals surface area contributed by atoms with Gasteiger partial charge in [0.25, 0.3) is 0 Å². The van der Waals surface area contributed by atoms with Crippen molar-refractivity contribution in [1.29, 1.82) is 0 Å². The van der Waals surface area contributed by atoms with Crippen molar-refractivity contribution < 1.29 is 9.59 Å². The van der Waals surface area contributed by atoms with Gasteiger partial charge in [-0.3, -0.25) is 9.59 Å². The predicted octanol–water partition coefficient (Wildman–Crippen LogP) is 4.51. The maximum absolute atomic E-state index is 12.1. The molecule has 22 heavy (non-hydrogen) atoms. The molecule has 0 aliphatic rings. The van der Waals surface area contributed by atoms with Crippen molar-refractivity contribution >= 4 is 40.0 Å². The van der Waals surface area contributed by atoms with Crippen LogP contribution in [-0.2, 0) is 4.79 Å². The van der Waals surface area contributed by atoms with Gasteiger partial charge in [-0.05, 0) is 77.9 Å². The fourth-order valence-electron chi connectivity index (χ4n) is 2.04. The molecule has 0 unspecified atom stereocenters. The molecule has 0 radical (unpaired) electrons. The van der Waals surface area contributed by atoms with E-state index in [0.29, 0.717) is 5.56 Å². The first-order valence-corrected chi connectivity index (χ1v) is 8.19. The Bertz CT molecular complexity index is 693. The smallest absolute Gasteiger partial charge is 0.224 e. The summed E-state index contributed by atoms with van der Waals surface area (Å²) in [6, 6.07) is 13.2. The molecule has 0 fully saturated rings. The summed E-state index contributed by atoms with van der Waals surface area (Å²) in [5.41, 5.74) is 3.68. The van der Waals surface area contributed by atoms with Crippen LogP contribution in [0, 0.1) is 17.4 Å². The van der Waals surface area contributed by atoms with Crippen molar-refractivity contribution in [2.75, 3.05) is 5.32 Å². The number of hydrogen-bond donors (Lipinski definition) is 1. The lowest BCUT2D eigenvalue weighted by Crippen LogP contribution is -2.13. The molecule has 0 saturated heterocycles. The van der Waals surface area contributed by atoms with Gasteiger partial charge in [-0.2, -0.15) is 0 Å². The van der Waals surface area contributed by atoms with Crippen LogP contribution in [0.4, 0.5) is 5.69 Å². The number of hydrogen-bond acceptors (Lipinski definition) is 2. The Labute approximate surface area is 144 Å². The Hall–Kier alpha value is -1.69. The summed E-state index contributed by atoms with van der Waals surface area (Å²) in [4.78, 5) is 24.0. The quantitative estimate of drug-likeness (QED) is 0.586. The average Bonchev–Trinajstić information content (AvgIpc) is 2.50. The molecule has 0 saturated carbocycles. The van der Waals surface area contributed by atoms with Gasteiger partial charge >= 0.3 is 0 Å². The van der Waals surface area contributed by atoms with E-state index >= 15 is 0 Å². The standard InChI is InChI=1S/C18H18INO2/c1-12-3-4-14(11-13(12)2)17(21)9-10-18(22)20-16-7-5-15(19)6-8-16/h3-8,11H,9-10H2,1-2H3,(H,20,22).